The van der Waals surface area contributed by atoms with Gasteiger partial charge in [-0.15, -0.1) is 5.10 Å². The van der Waals surface area contributed by atoms with Crippen LogP contribution in [0.4, 0.5) is 0 Å². The molecule has 0 bridgehead atoms. The fourth-order valence-corrected chi connectivity index (χ4v) is 3.02. The SMILES string of the molecule is CC(C)(C)CC(=O)N1CC(n2cc(CN3CCCC3=O)nn2)C1. The smallest absolute Gasteiger partial charge is 0.223 e. The van der Waals surface area contributed by atoms with E-state index in [2.05, 4.69) is 31.1 Å². The van der Waals surface area contributed by atoms with Crippen LogP contribution in [0.3, 0.4) is 0 Å². The molecular formula is C16H25N5O2. The van der Waals surface area contributed by atoms with Crippen molar-refractivity contribution in [1.82, 2.24) is 24.8 Å². The first-order valence-electron chi connectivity index (χ1n) is 8.28. The molecule has 0 N–H and O–H groups in total. The van der Waals surface area contributed by atoms with Crippen LogP contribution in [-0.2, 0) is 16.1 Å². The van der Waals surface area contributed by atoms with Crippen molar-refractivity contribution >= 4 is 11.8 Å². The van der Waals surface area contributed by atoms with Gasteiger partial charge < -0.3 is 9.80 Å². The minimum atomic E-state index is 0.0187. The van der Waals surface area contributed by atoms with Gasteiger partial charge in [0.2, 0.25) is 11.8 Å². The first kappa shape index (κ1) is 16.0. The van der Waals surface area contributed by atoms with Gasteiger partial charge in [-0.2, -0.15) is 0 Å². The van der Waals surface area contributed by atoms with E-state index in [1.165, 1.54) is 0 Å². The summed E-state index contributed by atoms with van der Waals surface area (Å²) < 4.78 is 1.83. The molecule has 3 heterocycles. The number of likely N-dealkylation sites (tertiary alicyclic amines) is 2. The zero-order valence-corrected chi connectivity index (χ0v) is 14.2. The Morgan fingerprint density at radius 3 is 2.70 bits per heavy atom. The van der Waals surface area contributed by atoms with Crippen molar-refractivity contribution in [2.75, 3.05) is 19.6 Å². The van der Waals surface area contributed by atoms with Crippen molar-refractivity contribution in [3.63, 3.8) is 0 Å². The number of carbonyl (C=O) groups excluding carboxylic acids is 2. The Morgan fingerprint density at radius 2 is 2.09 bits per heavy atom. The molecule has 0 unspecified atom stereocenters. The van der Waals surface area contributed by atoms with Crippen LogP contribution >= 0.6 is 0 Å². The fourth-order valence-electron chi connectivity index (χ4n) is 3.02. The zero-order chi connectivity index (χ0) is 16.6. The van der Waals surface area contributed by atoms with Gasteiger partial charge >= 0.3 is 0 Å². The third kappa shape index (κ3) is 3.71. The van der Waals surface area contributed by atoms with Crippen molar-refractivity contribution < 1.29 is 9.59 Å². The van der Waals surface area contributed by atoms with Gasteiger partial charge in [-0.3, -0.25) is 9.59 Å². The molecule has 0 aromatic carbocycles. The summed E-state index contributed by atoms with van der Waals surface area (Å²) in [6.07, 6.45) is 4.04. The molecule has 0 radical (unpaired) electrons. The first-order chi connectivity index (χ1) is 10.8. The monoisotopic (exact) mass is 319 g/mol. The van der Waals surface area contributed by atoms with Gasteiger partial charge in [0.25, 0.3) is 0 Å². The predicted octanol–water partition coefficient (Wildman–Crippen LogP) is 1.22. The van der Waals surface area contributed by atoms with E-state index in [0.717, 1.165) is 18.7 Å². The van der Waals surface area contributed by atoms with Crippen LogP contribution in [0.25, 0.3) is 0 Å². The summed E-state index contributed by atoms with van der Waals surface area (Å²) in [5.41, 5.74) is 0.838. The number of hydrogen-bond donors (Lipinski definition) is 0. The summed E-state index contributed by atoms with van der Waals surface area (Å²) in [6.45, 7) is 8.96. The van der Waals surface area contributed by atoms with Gasteiger partial charge in [-0.25, -0.2) is 4.68 Å². The highest BCUT2D eigenvalue weighted by molar-refractivity contribution is 5.78. The Hall–Kier alpha value is -1.92. The van der Waals surface area contributed by atoms with Crippen molar-refractivity contribution in [1.29, 1.82) is 0 Å². The van der Waals surface area contributed by atoms with Crippen LogP contribution < -0.4 is 0 Å². The van der Waals surface area contributed by atoms with Crippen LogP contribution in [-0.4, -0.2) is 56.2 Å². The second-order valence-electron chi connectivity index (χ2n) is 7.80. The highest BCUT2D eigenvalue weighted by Crippen LogP contribution is 2.26. The molecule has 2 aliphatic heterocycles. The maximum atomic E-state index is 12.1. The topological polar surface area (TPSA) is 71.3 Å². The molecular weight excluding hydrogens is 294 g/mol. The Labute approximate surface area is 136 Å². The highest BCUT2D eigenvalue weighted by atomic mass is 16.2. The molecule has 0 aliphatic carbocycles. The molecule has 0 spiro atoms. The molecule has 126 valence electrons. The zero-order valence-electron chi connectivity index (χ0n) is 14.2. The maximum absolute atomic E-state index is 12.1. The molecule has 23 heavy (non-hydrogen) atoms. The molecule has 2 saturated heterocycles. The van der Waals surface area contributed by atoms with E-state index >= 15 is 0 Å². The van der Waals surface area contributed by atoms with Gasteiger partial charge in [0, 0.05) is 32.5 Å². The van der Waals surface area contributed by atoms with E-state index in [1.54, 1.807) is 0 Å². The maximum Gasteiger partial charge on any atom is 0.223 e. The summed E-state index contributed by atoms with van der Waals surface area (Å²) in [5.74, 6) is 0.402. The first-order valence-corrected chi connectivity index (χ1v) is 8.28. The van der Waals surface area contributed by atoms with Gasteiger partial charge in [-0.1, -0.05) is 26.0 Å². The van der Waals surface area contributed by atoms with Crippen LogP contribution in [0.2, 0.25) is 0 Å². The van der Waals surface area contributed by atoms with E-state index in [4.69, 9.17) is 0 Å². The van der Waals surface area contributed by atoms with Gasteiger partial charge in [-0.05, 0) is 11.8 Å². The van der Waals surface area contributed by atoms with E-state index in [9.17, 15) is 9.59 Å². The molecule has 2 fully saturated rings. The lowest BCUT2D eigenvalue weighted by molar-refractivity contribution is -0.139. The highest BCUT2D eigenvalue weighted by Gasteiger charge is 2.34. The largest absolute Gasteiger partial charge is 0.338 e. The summed E-state index contributed by atoms with van der Waals surface area (Å²) in [4.78, 5) is 27.5. The molecule has 0 saturated carbocycles. The van der Waals surface area contributed by atoms with Crippen LogP contribution in [0, 0.1) is 5.41 Å². The fraction of sp³-hybridized carbons (Fsp3) is 0.750. The molecule has 7 nitrogen and oxygen atoms in total. The Bertz CT molecular complexity index is 598. The summed E-state index contributed by atoms with van der Waals surface area (Å²) in [7, 11) is 0. The number of carbonyl (C=O) groups is 2. The molecule has 7 heteroatoms. The predicted molar refractivity (Wildman–Crippen MR) is 84.4 cm³/mol. The van der Waals surface area contributed by atoms with E-state index in [-0.39, 0.29) is 23.3 Å². The number of nitrogens with zero attached hydrogens (tertiary/aromatic N) is 5. The van der Waals surface area contributed by atoms with Gasteiger partial charge in [0.15, 0.2) is 0 Å². The average molecular weight is 319 g/mol. The molecule has 2 amide bonds. The van der Waals surface area contributed by atoms with Crippen LogP contribution in [0.1, 0.15) is 51.8 Å². The van der Waals surface area contributed by atoms with Crippen molar-refractivity contribution in [3.8, 4) is 0 Å². The number of rotatable bonds is 4. The minimum absolute atomic E-state index is 0.0187. The van der Waals surface area contributed by atoms with Crippen molar-refractivity contribution in [2.24, 2.45) is 5.41 Å². The number of hydrogen-bond acceptors (Lipinski definition) is 4. The molecule has 1 aromatic rings. The van der Waals surface area contributed by atoms with E-state index in [1.807, 2.05) is 20.7 Å². The molecule has 3 rings (SSSR count). The third-order valence-corrected chi connectivity index (χ3v) is 4.35. The second kappa shape index (κ2) is 5.94. The normalized spacial score (nSPS) is 19.3. The molecule has 1 aromatic heterocycles. The average Bonchev–Trinajstić information content (AvgIpc) is 2.96. The third-order valence-electron chi connectivity index (χ3n) is 4.35. The summed E-state index contributed by atoms with van der Waals surface area (Å²) in [6, 6.07) is 0.203. The Kier molecular flexibility index (Phi) is 4.12. The lowest BCUT2D eigenvalue weighted by Crippen LogP contribution is -2.51. The van der Waals surface area contributed by atoms with Crippen LogP contribution in [0.5, 0.6) is 0 Å². The van der Waals surface area contributed by atoms with E-state index in [0.29, 0.717) is 32.5 Å². The second-order valence-corrected chi connectivity index (χ2v) is 7.80. The Balaban J connectivity index is 1.50. The van der Waals surface area contributed by atoms with Crippen molar-refractivity contribution in [2.45, 2.75) is 52.6 Å². The lowest BCUT2D eigenvalue weighted by Gasteiger charge is -2.40. The summed E-state index contributed by atoms with van der Waals surface area (Å²) in [5, 5.41) is 8.33. The minimum Gasteiger partial charge on any atom is -0.338 e. The van der Waals surface area contributed by atoms with Gasteiger partial charge in [0.05, 0.1) is 18.8 Å². The Morgan fingerprint density at radius 1 is 1.35 bits per heavy atom. The van der Waals surface area contributed by atoms with Crippen molar-refractivity contribution in [3.05, 3.63) is 11.9 Å². The van der Waals surface area contributed by atoms with Gasteiger partial charge in [0.1, 0.15) is 5.69 Å². The quantitative estimate of drug-likeness (QED) is 0.836. The number of amides is 2. The van der Waals surface area contributed by atoms with E-state index < -0.39 is 0 Å². The van der Waals surface area contributed by atoms with Crippen LogP contribution in [0.15, 0.2) is 6.20 Å². The molecule has 2 aliphatic rings. The molecule has 0 atom stereocenters. The number of aromatic nitrogens is 3. The standard InChI is InChI=1S/C16H25N5O2/c1-16(2,3)7-15(23)20-10-13(11-20)21-9-12(17-18-21)8-19-6-4-5-14(19)22/h9,13H,4-8,10-11H2,1-3H3. The lowest BCUT2D eigenvalue weighted by atomic mass is 9.91. The summed E-state index contributed by atoms with van der Waals surface area (Å²) >= 11 is 0.